The molecule has 0 spiro atoms. The van der Waals surface area contributed by atoms with Crippen molar-refractivity contribution in [3.63, 3.8) is 0 Å². The summed E-state index contributed by atoms with van der Waals surface area (Å²) in [5.41, 5.74) is 1.65. The van der Waals surface area contributed by atoms with E-state index in [0.717, 1.165) is 25.1 Å². The molecule has 1 atom stereocenters. The number of nitrogens with zero attached hydrogens (tertiary/aromatic N) is 2. The van der Waals surface area contributed by atoms with Crippen molar-refractivity contribution in [3.05, 3.63) is 29.8 Å². The summed E-state index contributed by atoms with van der Waals surface area (Å²) in [7, 11) is 3.66. The van der Waals surface area contributed by atoms with Gasteiger partial charge in [-0.15, -0.1) is 0 Å². The third kappa shape index (κ3) is 5.06. The maximum Gasteiger partial charge on any atom is 0.308 e. The lowest BCUT2D eigenvalue weighted by Crippen LogP contribution is -2.33. The number of benzene rings is 1. The first kappa shape index (κ1) is 18.0. The van der Waals surface area contributed by atoms with Crippen molar-refractivity contribution >= 4 is 17.6 Å². The smallest absolute Gasteiger partial charge is 0.308 e. The predicted octanol–water partition coefficient (Wildman–Crippen LogP) is 2.72. The number of carbonyl (C=O) groups excluding carboxylic acids is 1. The van der Waals surface area contributed by atoms with Crippen LogP contribution in [-0.2, 0) is 4.79 Å². The number of aliphatic carboxylic acids is 1. The Labute approximate surface area is 132 Å². The molecule has 122 valence electrons. The number of amides is 1. The third-order valence-corrected chi connectivity index (χ3v) is 3.72. The van der Waals surface area contributed by atoms with E-state index in [1.165, 1.54) is 4.90 Å². The molecule has 0 aliphatic carbocycles. The number of hydrogen-bond donors (Lipinski definition) is 1. The van der Waals surface area contributed by atoms with Crippen LogP contribution in [0.1, 0.15) is 37.0 Å². The van der Waals surface area contributed by atoms with Crippen LogP contribution in [0.15, 0.2) is 24.3 Å². The van der Waals surface area contributed by atoms with Gasteiger partial charge in [-0.2, -0.15) is 0 Å². The Morgan fingerprint density at radius 1 is 1.18 bits per heavy atom. The first-order valence-corrected chi connectivity index (χ1v) is 7.66. The van der Waals surface area contributed by atoms with Gasteiger partial charge >= 0.3 is 5.97 Å². The average Bonchev–Trinajstić information content (AvgIpc) is 2.51. The van der Waals surface area contributed by atoms with E-state index in [-0.39, 0.29) is 12.5 Å². The van der Waals surface area contributed by atoms with E-state index in [0.29, 0.717) is 5.56 Å². The molecule has 0 aliphatic heterocycles. The number of anilines is 1. The van der Waals surface area contributed by atoms with Gasteiger partial charge in [-0.3, -0.25) is 9.59 Å². The van der Waals surface area contributed by atoms with Crippen LogP contribution in [0.3, 0.4) is 0 Å². The van der Waals surface area contributed by atoms with Crippen LogP contribution in [0.25, 0.3) is 0 Å². The Morgan fingerprint density at radius 2 is 1.77 bits per heavy atom. The van der Waals surface area contributed by atoms with E-state index in [9.17, 15) is 9.59 Å². The van der Waals surface area contributed by atoms with E-state index in [1.807, 2.05) is 19.2 Å². The first-order chi connectivity index (χ1) is 10.4. The quantitative estimate of drug-likeness (QED) is 0.802. The lowest BCUT2D eigenvalue weighted by Gasteiger charge is -2.21. The maximum atomic E-state index is 12.3. The molecule has 0 saturated carbocycles. The number of carboxylic acids is 1. The second-order valence-corrected chi connectivity index (χ2v) is 5.75. The normalized spacial score (nSPS) is 11.8. The van der Waals surface area contributed by atoms with Crippen molar-refractivity contribution < 1.29 is 14.7 Å². The number of rotatable bonds is 8. The van der Waals surface area contributed by atoms with Gasteiger partial charge < -0.3 is 14.9 Å². The maximum absolute atomic E-state index is 12.3. The number of carbonyl (C=O) groups is 2. The molecule has 0 aromatic heterocycles. The summed E-state index contributed by atoms with van der Waals surface area (Å²) in [6, 6.07) is 7.44. The Bertz CT molecular complexity index is 499. The fraction of sp³-hybridized carbons (Fsp3) is 0.529. The fourth-order valence-electron chi connectivity index (χ4n) is 2.18. The largest absolute Gasteiger partial charge is 0.481 e. The zero-order chi connectivity index (χ0) is 16.7. The molecule has 0 bridgehead atoms. The summed E-state index contributed by atoms with van der Waals surface area (Å²) >= 11 is 0. The van der Waals surface area contributed by atoms with Gasteiger partial charge in [-0.25, -0.2) is 0 Å². The summed E-state index contributed by atoms with van der Waals surface area (Å²) in [6.07, 6.45) is 2.28. The molecular formula is C17H26N2O3. The molecule has 0 fully saturated rings. The molecule has 1 aromatic carbocycles. The number of carboxylic acid groups (broad SMARTS) is 1. The van der Waals surface area contributed by atoms with Crippen molar-refractivity contribution in [2.45, 2.75) is 26.7 Å². The van der Waals surface area contributed by atoms with Gasteiger partial charge in [-0.05, 0) is 30.7 Å². The first-order valence-electron chi connectivity index (χ1n) is 7.66. The van der Waals surface area contributed by atoms with Crippen molar-refractivity contribution in [1.29, 1.82) is 0 Å². The van der Waals surface area contributed by atoms with Gasteiger partial charge in [0.2, 0.25) is 0 Å². The van der Waals surface area contributed by atoms with E-state index in [4.69, 9.17) is 5.11 Å². The molecule has 1 unspecified atom stereocenters. The minimum absolute atomic E-state index is 0.157. The standard InChI is InChI=1S/C17H26N2O3/c1-5-6-11-18(3)15-9-7-14(8-10-15)16(20)19(4)12-13(2)17(21)22/h7-10,13H,5-6,11-12H2,1-4H3,(H,21,22). The molecule has 1 amide bonds. The average molecular weight is 306 g/mol. The minimum atomic E-state index is -0.896. The molecule has 5 heteroatoms. The molecule has 1 aromatic rings. The highest BCUT2D eigenvalue weighted by Gasteiger charge is 2.18. The summed E-state index contributed by atoms with van der Waals surface area (Å²) in [5, 5.41) is 8.91. The third-order valence-electron chi connectivity index (χ3n) is 3.72. The second-order valence-electron chi connectivity index (χ2n) is 5.75. The molecular weight excluding hydrogens is 280 g/mol. The van der Waals surface area contributed by atoms with Crippen LogP contribution < -0.4 is 4.90 Å². The Morgan fingerprint density at radius 3 is 2.27 bits per heavy atom. The molecule has 0 heterocycles. The van der Waals surface area contributed by atoms with Gasteiger partial charge in [0.15, 0.2) is 0 Å². The topological polar surface area (TPSA) is 60.9 Å². The highest BCUT2D eigenvalue weighted by molar-refractivity contribution is 5.94. The number of hydrogen-bond acceptors (Lipinski definition) is 3. The van der Waals surface area contributed by atoms with Gasteiger partial charge in [0.25, 0.3) is 5.91 Å². The van der Waals surface area contributed by atoms with E-state index < -0.39 is 11.9 Å². The lowest BCUT2D eigenvalue weighted by molar-refractivity contribution is -0.141. The molecule has 1 rings (SSSR count). The molecule has 1 N–H and O–H groups in total. The van der Waals surface area contributed by atoms with Gasteiger partial charge in [0, 0.05) is 38.4 Å². The lowest BCUT2D eigenvalue weighted by atomic mass is 10.1. The van der Waals surface area contributed by atoms with Crippen LogP contribution in [0.2, 0.25) is 0 Å². The van der Waals surface area contributed by atoms with Gasteiger partial charge in [0.1, 0.15) is 0 Å². The van der Waals surface area contributed by atoms with Crippen molar-refractivity contribution in [1.82, 2.24) is 4.90 Å². The highest BCUT2D eigenvalue weighted by Crippen LogP contribution is 2.16. The Kier molecular flexibility index (Phi) is 6.89. The molecule has 22 heavy (non-hydrogen) atoms. The minimum Gasteiger partial charge on any atom is -0.481 e. The number of unbranched alkanes of at least 4 members (excludes halogenated alkanes) is 1. The van der Waals surface area contributed by atoms with Crippen molar-refractivity contribution in [2.24, 2.45) is 5.92 Å². The summed E-state index contributed by atoms with van der Waals surface area (Å²) in [4.78, 5) is 26.7. The van der Waals surface area contributed by atoms with E-state index in [2.05, 4.69) is 11.8 Å². The van der Waals surface area contributed by atoms with Crippen LogP contribution in [0.5, 0.6) is 0 Å². The Balaban J connectivity index is 2.69. The van der Waals surface area contributed by atoms with Crippen molar-refractivity contribution in [2.75, 3.05) is 32.1 Å². The zero-order valence-corrected chi connectivity index (χ0v) is 13.9. The molecule has 0 saturated heterocycles. The Hall–Kier alpha value is -2.04. The molecule has 0 aliphatic rings. The monoisotopic (exact) mass is 306 g/mol. The second kappa shape index (κ2) is 8.41. The summed E-state index contributed by atoms with van der Waals surface area (Å²) in [5.74, 6) is -1.63. The summed E-state index contributed by atoms with van der Waals surface area (Å²) < 4.78 is 0. The van der Waals surface area contributed by atoms with E-state index in [1.54, 1.807) is 26.1 Å². The van der Waals surface area contributed by atoms with Crippen LogP contribution in [-0.4, -0.2) is 49.1 Å². The molecule has 0 radical (unpaired) electrons. The van der Waals surface area contributed by atoms with Gasteiger partial charge in [0.05, 0.1) is 5.92 Å². The fourth-order valence-corrected chi connectivity index (χ4v) is 2.18. The molecule has 5 nitrogen and oxygen atoms in total. The summed E-state index contributed by atoms with van der Waals surface area (Å²) in [6.45, 7) is 4.94. The zero-order valence-electron chi connectivity index (χ0n) is 13.9. The van der Waals surface area contributed by atoms with Crippen LogP contribution in [0.4, 0.5) is 5.69 Å². The van der Waals surface area contributed by atoms with Crippen LogP contribution in [0, 0.1) is 5.92 Å². The van der Waals surface area contributed by atoms with E-state index >= 15 is 0 Å². The van der Waals surface area contributed by atoms with Crippen LogP contribution >= 0.6 is 0 Å². The SMILES string of the molecule is CCCCN(C)c1ccc(C(=O)N(C)CC(C)C(=O)O)cc1. The van der Waals surface area contributed by atoms with Crippen molar-refractivity contribution in [3.8, 4) is 0 Å². The highest BCUT2D eigenvalue weighted by atomic mass is 16.4. The predicted molar refractivity (Wildman–Crippen MR) is 88.4 cm³/mol. The van der Waals surface area contributed by atoms with Gasteiger partial charge in [-0.1, -0.05) is 20.3 Å².